The van der Waals surface area contributed by atoms with Gasteiger partial charge < -0.3 is 5.11 Å². The van der Waals surface area contributed by atoms with E-state index < -0.39 is 6.10 Å². The van der Waals surface area contributed by atoms with Gasteiger partial charge in [0.1, 0.15) is 16.9 Å². The van der Waals surface area contributed by atoms with Crippen LogP contribution in [-0.4, -0.2) is 26.1 Å². The zero-order chi connectivity index (χ0) is 16.8. The summed E-state index contributed by atoms with van der Waals surface area (Å²) in [6, 6.07) is 9.30. The molecule has 1 aliphatic heterocycles. The molecule has 0 amide bonds. The number of aliphatic imine (C=N–C) groups is 1. The van der Waals surface area contributed by atoms with E-state index in [-0.39, 0.29) is 6.04 Å². The average molecular weight is 359 g/mol. The van der Waals surface area contributed by atoms with Crippen molar-refractivity contribution in [3.63, 3.8) is 0 Å². The van der Waals surface area contributed by atoms with E-state index in [1.807, 2.05) is 48.0 Å². The maximum absolute atomic E-state index is 9.89. The molecule has 7 heteroatoms. The Morgan fingerprint density at radius 1 is 1.29 bits per heavy atom. The lowest BCUT2D eigenvalue weighted by Gasteiger charge is -2.13. The third kappa shape index (κ3) is 2.38. The van der Waals surface area contributed by atoms with E-state index in [1.54, 1.807) is 6.92 Å². The number of nitrogens with zero attached hydrogens (tertiary/aromatic N) is 4. The molecule has 0 aliphatic carbocycles. The number of aromatic nitrogens is 3. The second-order valence-electron chi connectivity index (χ2n) is 5.73. The van der Waals surface area contributed by atoms with E-state index in [2.05, 4.69) is 10.2 Å². The molecule has 5 nitrogen and oxygen atoms in total. The molecule has 24 heavy (non-hydrogen) atoms. The molecule has 1 aromatic carbocycles. The van der Waals surface area contributed by atoms with Crippen molar-refractivity contribution in [1.82, 2.24) is 14.8 Å². The van der Waals surface area contributed by atoms with Gasteiger partial charge >= 0.3 is 0 Å². The largest absolute Gasteiger partial charge is 0.388 e. The van der Waals surface area contributed by atoms with Crippen molar-refractivity contribution in [2.24, 2.45) is 4.99 Å². The molecular weight excluding hydrogens is 344 g/mol. The number of aryl methyl sites for hydroxylation is 1. The van der Waals surface area contributed by atoms with Crippen molar-refractivity contribution < 1.29 is 5.11 Å². The lowest BCUT2D eigenvalue weighted by atomic mass is 10.1. The van der Waals surface area contributed by atoms with Crippen LogP contribution < -0.4 is 0 Å². The molecule has 122 valence electrons. The molecule has 1 N–H and O–H groups in total. The zero-order valence-electron chi connectivity index (χ0n) is 13.1. The standard InChI is InChI=1S/C17H15ClN4OS/c1-9(23)14-7-11-8-19-15(12-5-3-4-6-13(12)18)16-21-20-10(2)22(16)17(11)24-14/h3-9,15,23H,1-2H3. The topological polar surface area (TPSA) is 63.3 Å². The van der Waals surface area contributed by atoms with E-state index in [4.69, 9.17) is 16.6 Å². The average Bonchev–Trinajstić information content (AvgIpc) is 3.10. The van der Waals surface area contributed by atoms with Crippen LogP contribution in [0.4, 0.5) is 0 Å². The van der Waals surface area contributed by atoms with E-state index in [0.717, 1.165) is 32.7 Å². The van der Waals surface area contributed by atoms with Crippen LogP contribution >= 0.6 is 22.9 Å². The zero-order valence-corrected chi connectivity index (χ0v) is 14.7. The second-order valence-corrected chi connectivity index (χ2v) is 7.20. The smallest absolute Gasteiger partial charge is 0.167 e. The first-order chi connectivity index (χ1) is 11.6. The molecule has 2 atom stereocenters. The molecule has 1 aliphatic rings. The van der Waals surface area contributed by atoms with Crippen LogP contribution in [0.15, 0.2) is 35.3 Å². The van der Waals surface area contributed by atoms with E-state index >= 15 is 0 Å². The first-order valence-electron chi connectivity index (χ1n) is 7.58. The summed E-state index contributed by atoms with van der Waals surface area (Å²) in [6.45, 7) is 3.67. The Kier molecular flexibility index (Phi) is 3.75. The Morgan fingerprint density at radius 3 is 2.83 bits per heavy atom. The summed E-state index contributed by atoms with van der Waals surface area (Å²) < 4.78 is 2.01. The molecule has 2 unspecified atom stereocenters. The van der Waals surface area contributed by atoms with E-state index in [1.165, 1.54) is 11.3 Å². The minimum absolute atomic E-state index is 0.311. The van der Waals surface area contributed by atoms with Crippen LogP contribution in [0.25, 0.3) is 5.00 Å². The molecule has 0 saturated heterocycles. The monoisotopic (exact) mass is 358 g/mol. The molecule has 3 aromatic rings. The van der Waals surface area contributed by atoms with Crippen LogP contribution in [0.1, 0.15) is 46.7 Å². The van der Waals surface area contributed by atoms with Crippen LogP contribution in [0.2, 0.25) is 5.02 Å². The summed E-state index contributed by atoms with van der Waals surface area (Å²) in [6.07, 6.45) is 1.31. The van der Waals surface area contributed by atoms with Gasteiger partial charge in [-0.2, -0.15) is 0 Å². The van der Waals surface area contributed by atoms with Gasteiger partial charge in [0, 0.05) is 27.2 Å². The number of aliphatic hydroxyl groups is 1. The fourth-order valence-electron chi connectivity index (χ4n) is 2.83. The van der Waals surface area contributed by atoms with Crippen molar-refractivity contribution in [1.29, 1.82) is 0 Å². The Labute approximate surface area is 148 Å². The van der Waals surface area contributed by atoms with Gasteiger partial charge in [0.05, 0.1) is 6.10 Å². The number of hydrogen-bond acceptors (Lipinski definition) is 5. The summed E-state index contributed by atoms with van der Waals surface area (Å²) in [5.74, 6) is 1.52. The highest BCUT2D eigenvalue weighted by Gasteiger charge is 2.28. The minimum Gasteiger partial charge on any atom is -0.388 e. The Morgan fingerprint density at radius 2 is 2.08 bits per heavy atom. The summed E-state index contributed by atoms with van der Waals surface area (Å²) in [4.78, 5) is 5.61. The molecule has 3 heterocycles. The van der Waals surface area contributed by atoms with E-state index in [9.17, 15) is 5.11 Å². The number of benzene rings is 1. The van der Waals surface area contributed by atoms with Gasteiger partial charge in [0.25, 0.3) is 0 Å². The number of hydrogen-bond donors (Lipinski definition) is 1. The summed E-state index contributed by atoms with van der Waals surface area (Å²) in [5.41, 5.74) is 1.85. The van der Waals surface area contributed by atoms with Crippen molar-refractivity contribution in [3.05, 3.63) is 63.0 Å². The first kappa shape index (κ1) is 15.5. The Bertz CT molecular complexity index is 944. The van der Waals surface area contributed by atoms with Crippen LogP contribution in [-0.2, 0) is 0 Å². The second kappa shape index (κ2) is 5.81. The van der Waals surface area contributed by atoms with Gasteiger partial charge in [-0.1, -0.05) is 29.8 Å². The quantitative estimate of drug-likeness (QED) is 0.756. The fourth-order valence-corrected chi connectivity index (χ4v) is 4.20. The number of thiophene rings is 1. The Balaban J connectivity index is 1.94. The van der Waals surface area contributed by atoms with Crippen molar-refractivity contribution >= 4 is 29.2 Å². The molecule has 0 radical (unpaired) electrons. The third-order valence-corrected chi connectivity index (χ3v) is 5.68. The fraction of sp³-hybridized carbons (Fsp3) is 0.235. The number of aliphatic hydroxyl groups excluding tert-OH is 1. The minimum atomic E-state index is -0.519. The van der Waals surface area contributed by atoms with Gasteiger partial charge in [0.15, 0.2) is 5.82 Å². The molecule has 0 bridgehead atoms. The summed E-state index contributed by atoms with van der Waals surface area (Å²) in [7, 11) is 0. The van der Waals surface area contributed by atoms with Gasteiger partial charge in [-0.15, -0.1) is 21.5 Å². The third-order valence-electron chi connectivity index (χ3n) is 4.03. The Hall–Kier alpha value is -2.02. The molecule has 4 rings (SSSR count). The number of fused-ring (bicyclic) bond motifs is 3. The van der Waals surface area contributed by atoms with Gasteiger partial charge in [-0.25, -0.2) is 0 Å². The number of rotatable bonds is 2. The normalized spacial score (nSPS) is 17.2. The molecule has 0 saturated carbocycles. The van der Waals surface area contributed by atoms with Crippen molar-refractivity contribution in [2.75, 3.05) is 0 Å². The lowest BCUT2D eigenvalue weighted by molar-refractivity contribution is 0.203. The highest BCUT2D eigenvalue weighted by molar-refractivity contribution is 7.15. The SMILES string of the molecule is Cc1nnc2n1-c1sc(C(C)O)cc1C=NC2c1ccccc1Cl. The highest BCUT2D eigenvalue weighted by atomic mass is 35.5. The van der Waals surface area contributed by atoms with Crippen LogP contribution in [0, 0.1) is 6.92 Å². The summed E-state index contributed by atoms with van der Waals surface area (Å²) in [5, 5.41) is 20.1. The van der Waals surface area contributed by atoms with Gasteiger partial charge in [-0.3, -0.25) is 9.56 Å². The summed E-state index contributed by atoms with van der Waals surface area (Å²) >= 11 is 7.90. The molecule has 0 fully saturated rings. The molecule has 2 aromatic heterocycles. The predicted octanol–water partition coefficient (Wildman–Crippen LogP) is 3.87. The molecular formula is C17H15ClN4OS. The molecule has 0 spiro atoms. The maximum atomic E-state index is 9.89. The van der Waals surface area contributed by atoms with Gasteiger partial charge in [-0.05, 0) is 26.0 Å². The van der Waals surface area contributed by atoms with Crippen LogP contribution in [0.3, 0.4) is 0 Å². The predicted molar refractivity (Wildman–Crippen MR) is 95.5 cm³/mol. The van der Waals surface area contributed by atoms with Crippen molar-refractivity contribution in [3.8, 4) is 5.00 Å². The van der Waals surface area contributed by atoms with Crippen LogP contribution in [0.5, 0.6) is 0 Å². The highest BCUT2D eigenvalue weighted by Crippen LogP contribution is 2.38. The number of halogens is 1. The lowest BCUT2D eigenvalue weighted by Crippen LogP contribution is -2.07. The van der Waals surface area contributed by atoms with Crippen molar-refractivity contribution in [2.45, 2.75) is 26.0 Å². The van der Waals surface area contributed by atoms with E-state index in [0.29, 0.717) is 5.02 Å². The first-order valence-corrected chi connectivity index (χ1v) is 8.77. The van der Waals surface area contributed by atoms with Gasteiger partial charge in [0.2, 0.25) is 0 Å². The maximum Gasteiger partial charge on any atom is 0.167 e.